The Labute approximate surface area is 109 Å². The van der Waals surface area contributed by atoms with Crippen molar-refractivity contribution < 1.29 is 14.7 Å². The number of hydrogen-bond acceptors (Lipinski definition) is 4. The Morgan fingerprint density at radius 3 is 3.06 bits per heavy atom. The SMILES string of the molecule is Cc1cccnc1CC(=O)N1CSC[C@H]1C(=O)O. The Hall–Kier alpha value is -1.56. The van der Waals surface area contributed by atoms with E-state index in [0.29, 0.717) is 17.3 Å². The summed E-state index contributed by atoms with van der Waals surface area (Å²) in [6, 6.07) is 3.00. The Kier molecular flexibility index (Phi) is 3.86. The summed E-state index contributed by atoms with van der Waals surface area (Å²) < 4.78 is 0. The molecule has 0 unspecified atom stereocenters. The molecule has 1 aromatic heterocycles. The largest absolute Gasteiger partial charge is 0.480 e. The number of carbonyl (C=O) groups excluding carboxylic acids is 1. The summed E-state index contributed by atoms with van der Waals surface area (Å²) in [5.41, 5.74) is 1.66. The van der Waals surface area contributed by atoms with Gasteiger partial charge in [-0.05, 0) is 18.6 Å². The predicted octanol–water partition coefficient (Wildman–Crippen LogP) is 0.919. The summed E-state index contributed by atoms with van der Waals surface area (Å²) in [5, 5.41) is 9.03. The summed E-state index contributed by atoms with van der Waals surface area (Å²) in [7, 11) is 0. The van der Waals surface area contributed by atoms with Gasteiger partial charge in [0, 0.05) is 11.9 Å². The highest BCUT2D eigenvalue weighted by atomic mass is 32.2. The van der Waals surface area contributed by atoms with Crippen LogP contribution in [0.4, 0.5) is 0 Å². The Morgan fingerprint density at radius 1 is 1.61 bits per heavy atom. The molecule has 96 valence electrons. The first-order valence-electron chi connectivity index (χ1n) is 5.60. The summed E-state index contributed by atoms with van der Waals surface area (Å²) in [5.74, 6) is -0.204. The lowest BCUT2D eigenvalue weighted by Crippen LogP contribution is -2.42. The van der Waals surface area contributed by atoms with Crippen LogP contribution in [0.3, 0.4) is 0 Å². The first-order chi connectivity index (χ1) is 8.59. The number of thioether (sulfide) groups is 1. The molecule has 1 atom stereocenters. The van der Waals surface area contributed by atoms with E-state index in [1.165, 1.54) is 16.7 Å². The van der Waals surface area contributed by atoms with E-state index in [2.05, 4.69) is 4.98 Å². The first-order valence-corrected chi connectivity index (χ1v) is 6.75. The molecule has 1 saturated heterocycles. The molecule has 5 nitrogen and oxygen atoms in total. The number of amides is 1. The van der Waals surface area contributed by atoms with E-state index < -0.39 is 12.0 Å². The van der Waals surface area contributed by atoms with E-state index in [-0.39, 0.29) is 12.3 Å². The molecule has 0 spiro atoms. The average Bonchev–Trinajstić information content (AvgIpc) is 2.81. The van der Waals surface area contributed by atoms with E-state index in [9.17, 15) is 9.59 Å². The number of carboxylic acid groups (broad SMARTS) is 1. The molecular weight excluding hydrogens is 252 g/mol. The Morgan fingerprint density at radius 2 is 2.39 bits per heavy atom. The van der Waals surface area contributed by atoms with Gasteiger partial charge >= 0.3 is 5.97 Å². The summed E-state index contributed by atoms with van der Waals surface area (Å²) in [6.07, 6.45) is 1.81. The Bertz CT molecular complexity index is 478. The summed E-state index contributed by atoms with van der Waals surface area (Å²) in [4.78, 5) is 28.7. The van der Waals surface area contributed by atoms with E-state index >= 15 is 0 Å². The third-order valence-electron chi connectivity index (χ3n) is 2.92. The zero-order valence-electron chi connectivity index (χ0n) is 10.00. The normalized spacial score (nSPS) is 18.9. The quantitative estimate of drug-likeness (QED) is 0.881. The van der Waals surface area contributed by atoms with E-state index in [1.807, 2.05) is 19.1 Å². The zero-order valence-corrected chi connectivity index (χ0v) is 10.8. The summed E-state index contributed by atoms with van der Waals surface area (Å²) in [6.45, 7) is 1.89. The molecule has 1 aliphatic heterocycles. The van der Waals surface area contributed by atoms with Crippen LogP contribution in [0, 0.1) is 6.92 Å². The second-order valence-electron chi connectivity index (χ2n) is 4.16. The van der Waals surface area contributed by atoms with Gasteiger partial charge in [-0.1, -0.05) is 6.07 Å². The first kappa shape index (κ1) is 12.9. The van der Waals surface area contributed by atoms with Gasteiger partial charge in [0.2, 0.25) is 5.91 Å². The molecule has 2 rings (SSSR count). The Balaban J connectivity index is 2.08. The van der Waals surface area contributed by atoms with Gasteiger partial charge in [-0.3, -0.25) is 9.78 Å². The smallest absolute Gasteiger partial charge is 0.327 e. The van der Waals surface area contributed by atoms with Crippen molar-refractivity contribution in [1.29, 1.82) is 0 Å². The fourth-order valence-electron chi connectivity index (χ4n) is 1.84. The van der Waals surface area contributed by atoms with Crippen LogP contribution in [0.5, 0.6) is 0 Å². The number of aliphatic carboxylic acids is 1. The van der Waals surface area contributed by atoms with Gasteiger partial charge in [-0.25, -0.2) is 4.79 Å². The van der Waals surface area contributed by atoms with Crippen molar-refractivity contribution >= 4 is 23.6 Å². The van der Waals surface area contributed by atoms with Crippen LogP contribution >= 0.6 is 11.8 Å². The van der Waals surface area contributed by atoms with Gasteiger partial charge in [0.05, 0.1) is 18.0 Å². The molecule has 1 aromatic rings. The second-order valence-corrected chi connectivity index (χ2v) is 5.16. The molecule has 6 heteroatoms. The second kappa shape index (κ2) is 5.39. The van der Waals surface area contributed by atoms with Crippen molar-refractivity contribution in [2.45, 2.75) is 19.4 Å². The number of hydrogen-bond donors (Lipinski definition) is 1. The van der Waals surface area contributed by atoms with Crippen LogP contribution in [-0.4, -0.2) is 44.5 Å². The van der Waals surface area contributed by atoms with Crippen LogP contribution < -0.4 is 0 Å². The molecule has 0 aromatic carbocycles. The molecule has 1 aliphatic rings. The van der Waals surface area contributed by atoms with Crippen LogP contribution in [0.25, 0.3) is 0 Å². The number of nitrogens with zero attached hydrogens (tertiary/aromatic N) is 2. The topological polar surface area (TPSA) is 70.5 Å². The van der Waals surface area contributed by atoms with E-state index in [4.69, 9.17) is 5.11 Å². The molecule has 2 heterocycles. The maximum Gasteiger partial charge on any atom is 0.327 e. The van der Waals surface area contributed by atoms with Crippen molar-refractivity contribution in [2.75, 3.05) is 11.6 Å². The maximum absolute atomic E-state index is 12.1. The molecule has 1 N–H and O–H groups in total. The number of rotatable bonds is 3. The van der Waals surface area contributed by atoms with E-state index in [0.717, 1.165) is 5.56 Å². The van der Waals surface area contributed by atoms with Crippen molar-refractivity contribution in [3.05, 3.63) is 29.6 Å². The highest BCUT2D eigenvalue weighted by Crippen LogP contribution is 2.22. The average molecular weight is 266 g/mol. The fraction of sp³-hybridized carbons (Fsp3) is 0.417. The van der Waals surface area contributed by atoms with Crippen molar-refractivity contribution in [3.63, 3.8) is 0 Å². The van der Waals surface area contributed by atoms with Gasteiger partial charge in [-0.2, -0.15) is 0 Å². The summed E-state index contributed by atoms with van der Waals surface area (Å²) >= 11 is 1.47. The molecule has 1 amide bonds. The van der Waals surface area contributed by atoms with Crippen molar-refractivity contribution in [2.24, 2.45) is 0 Å². The van der Waals surface area contributed by atoms with Gasteiger partial charge in [-0.15, -0.1) is 11.8 Å². The highest BCUT2D eigenvalue weighted by molar-refractivity contribution is 7.99. The van der Waals surface area contributed by atoms with Crippen LogP contribution in [0.15, 0.2) is 18.3 Å². The number of carboxylic acids is 1. The van der Waals surface area contributed by atoms with Gasteiger partial charge in [0.25, 0.3) is 0 Å². The molecule has 0 radical (unpaired) electrons. The minimum Gasteiger partial charge on any atom is -0.480 e. The molecule has 1 fully saturated rings. The fourth-order valence-corrected chi connectivity index (χ4v) is 3.01. The van der Waals surface area contributed by atoms with E-state index in [1.54, 1.807) is 6.20 Å². The zero-order chi connectivity index (χ0) is 13.1. The third-order valence-corrected chi connectivity index (χ3v) is 3.94. The number of pyridine rings is 1. The van der Waals surface area contributed by atoms with Crippen molar-refractivity contribution in [3.8, 4) is 0 Å². The van der Waals surface area contributed by atoms with Gasteiger partial charge < -0.3 is 10.0 Å². The van der Waals surface area contributed by atoms with Crippen LogP contribution in [0.1, 0.15) is 11.3 Å². The van der Waals surface area contributed by atoms with Crippen LogP contribution in [-0.2, 0) is 16.0 Å². The van der Waals surface area contributed by atoms with Crippen LogP contribution in [0.2, 0.25) is 0 Å². The highest BCUT2D eigenvalue weighted by Gasteiger charge is 2.34. The predicted molar refractivity (Wildman–Crippen MR) is 68.3 cm³/mol. The molecule has 0 bridgehead atoms. The molecule has 0 aliphatic carbocycles. The number of aromatic nitrogens is 1. The lowest BCUT2D eigenvalue weighted by atomic mass is 10.1. The maximum atomic E-state index is 12.1. The molecule has 18 heavy (non-hydrogen) atoms. The standard InChI is InChI=1S/C12H14N2O3S/c1-8-3-2-4-13-9(8)5-11(15)14-7-18-6-10(14)12(16)17/h2-4,10H,5-7H2,1H3,(H,16,17)/t10-/m0/s1. The van der Waals surface area contributed by atoms with Crippen molar-refractivity contribution in [1.82, 2.24) is 9.88 Å². The minimum atomic E-state index is -0.939. The number of aryl methyl sites for hydroxylation is 1. The van der Waals surface area contributed by atoms with Gasteiger partial charge in [0.15, 0.2) is 0 Å². The molecule has 0 saturated carbocycles. The van der Waals surface area contributed by atoms with Gasteiger partial charge in [0.1, 0.15) is 6.04 Å². The molecular formula is C12H14N2O3S. The monoisotopic (exact) mass is 266 g/mol. The lowest BCUT2D eigenvalue weighted by Gasteiger charge is -2.20. The lowest BCUT2D eigenvalue weighted by molar-refractivity contribution is -0.147. The third kappa shape index (κ3) is 2.64. The minimum absolute atomic E-state index is 0.164. The number of carbonyl (C=O) groups is 2.